The van der Waals surface area contributed by atoms with Gasteiger partial charge >= 0.3 is 0 Å². The topological polar surface area (TPSA) is 115 Å². The Morgan fingerprint density at radius 2 is 1.74 bits per heavy atom. The van der Waals surface area contributed by atoms with Gasteiger partial charge in [0.05, 0.1) is 16.6 Å². The summed E-state index contributed by atoms with van der Waals surface area (Å²) in [4.78, 5) is 26.6. The zero-order chi connectivity index (χ0) is 21.8. The maximum Gasteiger partial charge on any atom is 0.243 e. The summed E-state index contributed by atoms with van der Waals surface area (Å²) >= 11 is 0. The van der Waals surface area contributed by atoms with E-state index in [1.54, 1.807) is 47.5 Å². The Morgan fingerprint density at radius 3 is 2.48 bits per heavy atom. The highest BCUT2D eigenvalue weighted by Crippen LogP contribution is 2.19. The molecule has 1 aromatic heterocycles. The number of carbonyl (C=O) groups excluding carboxylic acids is 2. The fourth-order valence-corrected chi connectivity index (χ4v) is 4.99. The summed E-state index contributed by atoms with van der Waals surface area (Å²) in [6.07, 6.45) is 1.81. The third-order valence-corrected chi connectivity index (χ3v) is 7.18. The van der Waals surface area contributed by atoms with Gasteiger partial charge in [-0.05, 0) is 30.3 Å². The number of rotatable bonds is 6. The molecule has 2 amide bonds. The van der Waals surface area contributed by atoms with Crippen molar-refractivity contribution >= 4 is 38.4 Å². The third kappa shape index (κ3) is 4.75. The lowest BCUT2D eigenvalue weighted by Gasteiger charge is -2.34. The van der Waals surface area contributed by atoms with Gasteiger partial charge in [-0.15, -0.1) is 0 Å². The molecule has 3 aromatic rings. The van der Waals surface area contributed by atoms with E-state index in [1.165, 1.54) is 4.31 Å². The second-order valence-corrected chi connectivity index (χ2v) is 9.26. The molecule has 1 fully saturated rings. The van der Waals surface area contributed by atoms with Gasteiger partial charge in [-0.2, -0.15) is 9.40 Å². The minimum atomic E-state index is -3.56. The maximum absolute atomic E-state index is 12.7. The van der Waals surface area contributed by atoms with Crippen molar-refractivity contribution in [2.24, 2.45) is 0 Å². The first-order valence-electron chi connectivity index (χ1n) is 9.99. The number of amides is 2. The van der Waals surface area contributed by atoms with Crippen molar-refractivity contribution < 1.29 is 18.0 Å². The van der Waals surface area contributed by atoms with Crippen molar-refractivity contribution in [1.29, 1.82) is 0 Å². The molecule has 2 aromatic carbocycles. The number of fused-ring (bicyclic) bond motifs is 1. The highest BCUT2D eigenvalue weighted by Gasteiger charge is 2.29. The molecular weight excluding hydrogens is 418 g/mol. The number of aromatic amines is 1. The van der Waals surface area contributed by atoms with Crippen LogP contribution in [0, 0.1) is 0 Å². The summed E-state index contributed by atoms with van der Waals surface area (Å²) in [5, 5.41) is 10.5. The number of nitrogens with one attached hydrogen (secondary N) is 2. The zero-order valence-electron chi connectivity index (χ0n) is 16.8. The van der Waals surface area contributed by atoms with Gasteiger partial charge in [0, 0.05) is 50.1 Å². The van der Waals surface area contributed by atoms with E-state index < -0.39 is 10.0 Å². The Hall–Kier alpha value is -3.24. The van der Waals surface area contributed by atoms with Gasteiger partial charge in [0.1, 0.15) is 0 Å². The van der Waals surface area contributed by atoms with Crippen LogP contribution in [0.25, 0.3) is 10.9 Å². The Morgan fingerprint density at radius 1 is 1.00 bits per heavy atom. The average Bonchev–Trinajstić information content (AvgIpc) is 3.26. The van der Waals surface area contributed by atoms with Crippen LogP contribution >= 0.6 is 0 Å². The second kappa shape index (κ2) is 8.86. The number of hydrogen-bond donors (Lipinski definition) is 2. The molecule has 0 saturated carbocycles. The van der Waals surface area contributed by atoms with Gasteiger partial charge in [-0.25, -0.2) is 8.42 Å². The number of anilines is 1. The lowest BCUT2D eigenvalue weighted by Crippen LogP contribution is -2.50. The largest absolute Gasteiger partial charge is 0.340 e. The lowest BCUT2D eigenvalue weighted by molar-refractivity contribution is -0.133. The molecule has 1 saturated heterocycles. The van der Waals surface area contributed by atoms with E-state index in [-0.39, 0.29) is 42.6 Å². The van der Waals surface area contributed by atoms with Crippen LogP contribution in [0.3, 0.4) is 0 Å². The van der Waals surface area contributed by atoms with Gasteiger partial charge < -0.3 is 10.2 Å². The average molecular weight is 442 g/mol. The number of benzene rings is 2. The molecule has 0 atom stereocenters. The van der Waals surface area contributed by atoms with Crippen molar-refractivity contribution in [2.75, 3.05) is 31.5 Å². The van der Waals surface area contributed by atoms with Crippen molar-refractivity contribution in [2.45, 2.75) is 17.7 Å². The summed E-state index contributed by atoms with van der Waals surface area (Å²) in [5.41, 5.74) is 1.52. The molecular formula is C21H23N5O4S. The monoisotopic (exact) mass is 441 g/mol. The summed E-state index contributed by atoms with van der Waals surface area (Å²) in [7, 11) is -3.56. The molecule has 31 heavy (non-hydrogen) atoms. The van der Waals surface area contributed by atoms with E-state index in [9.17, 15) is 18.0 Å². The second-order valence-electron chi connectivity index (χ2n) is 7.32. The predicted octanol–water partition coefficient (Wildman–Crippen LogP) is 1.81. The first-order valence-corrected chi connectivity index (χ1v) is 11.4. The number of piperazine rings is 1. The first kappa shape index (κ1) is 21.0. The number of H-pyrrole nitrogens is 1. The van der Waals surface area contributed by atoms with Crippen LogP contribution in [0.5, 0.6) is 0 Å². The maximum atomic E-state index is 12.7. The quantitative estimate of drug-likeness (QED) is 0.605. The number of sulfonamides is 1. The van der Waals surface area contributed by atoms with E-state index in [0.29, 0.717) is 18.8 Å². The fraction of sp³-hybridized carbons (Fsp3) is 0.286. The molecule has 2 N–H and O–H groups in total. The first-order chi connectivity index (χ1) is 14.9. The van der Waals surface area contributed by atoms with Gasteiger partial charge in [-0.1, -0.05) is 18.2 Å². The van der Waals surface area contributed by atoms with E-state index in [0.717, 1.165) is 10.9 Å². The van der Waals surface area contributed by atoms with Gasteiger partial charge in [-0.3, -0.25) is 14.7 Å². The molecule has 1 aliphatic rings. The van der Waals surface area contributed by atoms with Crippen LogP contribution in [0.2, 0.25) is 0 Å². The molecule has 1 aliphatic heterocycles. The Balaban J connectivity index is 1.25. The molecule has 0 aliphatic carbocycles. The van der Waals surface area contributed by atoms with Crippen molar-refractivity contribution in [1.82, 2.24) is 19.4 Å². The third-order valence-electron chi connectivity index (χ3n) is 5.26. The minimum Gasteiger partial charge on any atom is -0.340 e. The summed E-state index contributed by atoms with van der Waals surface area (Å²) in [6.45, 7) is 1.09. The molecule has 0 spiro atoms. The molecule has 4 rings (SSSR count). The molecule has 9 nitrogen and oxygen atoms in total. The van der Waals surface area contributed by atoms with E-state index in [4.69, 9.17) is 0 Å². The number of aromatic nitrogens is 2. The van der Waals surface area contributed by atoms with Crippen molar-refractivity contribution in [3.63, 3.8) is 0 Å². The van der Waals surface area contributed by atoms with Gasteiger partial charge in [0.25, 0.3) is 0 Å². The SMILES string of the molecule is O=C(CCC(=O)N1CCN(S(=O)(=O)c2ccccc2)CC1)Nc1ccc2[nH]ncc2c1. The highest BCUT2D eigenvalue weighted by atomic mass is 32.2. The van der Waals surface area contributed by atoms with Gasteiger partial charge in [0.2, 0.25) is 21.8 Å². The molecule has 0 unspecified atom stereocenters. The highest BCUT2D eigenvalue weighted by molar-refractivity contribution is 7.89. The van der Waals surface area contributed by atoms with Crippen LogP contribution < -0.4 is 5.32 Å². The van der Waals surface area contributed by atoms with Crippen LogP contribution in [0.15, 0.2) is 59.6 Å². The van der Waals surface area contributed by atoms with E-state index in [2.05, 4.69) is 15.5 Å². The molecule has 0 bridgehead atoms. The minimum absolute atomic E-state index is 0.0603. The zero-order valence-corrected chi connectivity index (χ0v) is 17.6. The van der Waals surface area contributed by atoms with Crippen LogP contribution in [0.4, 0.5) is 5.69 Å². The Kier molecular flexibility index (Phi) is 6.01. The van der Waals surface area contributed by atoms with Crippen LogP contribution in [-0.4, -0.2) is 65.8 Å². The summed E-state index contributed by atoms with van der Waals surface area (Å²) < 4.78 is 26.8. The summed E-state index contributed by atoms with van der Waals surface area (Å²) in [6, 6.07) is 13.7. The van der Waals surface area contributed by atoms with Gasteiger partial charge in [0.15, 0.2) is 0 Å². The number of hydrogen-bond acceptors (Lipinski definition) is 5. The summed E-state index contributed by atoms with van der Waals surface area (Å²) in [5.74, 6) is -0.404. The standard InChI is InChI=1S/C21H23N5O4S/c27-20(23-17-6-7-19-16(14-17)15-22-24-19)8-9-21(28)25-10-12-26(13-11-25)31(29,30)18-4-2-1-3-5-18/h1-7,14-15H,8-13H2,(H,22,24)(H,23,27). The number of carbonyl (C=O) groups is 2. The van der Waals surface area contributed by atoms with Crippen LogP contribution in [-0.2, 0) is 19.6 Å². The van der Waals surface area contributed by atoms with E-state index >= 15 is 0 Å². The van der Waals surface area contributed by atoms with Crippen molar-refractivity contribution in [3.05, 3.63) is 54.7 Å². The van der Waals surface area contributed by atoms with E-state index in [1.807, 2.05) is 12.1 Å². The normalized spacial score (nSPS) is 15.2. The van der Waals surface area contributed by atoms with Crippen molar-refractivity contribution in [3.8, 4) is 0 Å². The van der Waals surface area contributed by atoms with Crippen LogP contribution in [0.1, 0.15) is 12.8 Å². The molecule has 162 valence electrons. The molecule has 10 heteroatoms. The molecule has 0 radical (unpaired) electrons. The Labute approximate surface area is 180 Å². The predicted molar refractivity (Wildman–Crippen MR) is 116 cm³/mol. The lowest BCUT2D eigenvalue weighted by atomic mass is 10.2. The number of nitrogens with zero attached hydrogens (tertiary/aromatic N) is 3. The fourth-order valence-electron chi connectivity index (χ4n) is 3.54. The smallest absolute Gasteiger partial charge is 0.243 e. The molecule has 2 heterocycles. The Bertz CT molecular complexity index is 1180.